The molecule has 0 aliphatic rings. The molecule has 2 amide bonds. The Morgan fingerprint density at radius 1 is 1.00 bits per heavy atom. The van der Waals surface area contributed by atoms with Crippen molar-refractivity contribution in [1.29, 1.82) is 0 Å². The molecule has 150 valence electrons. The average molecular weight is 418 g/mol. The molecule has 2 rings (SSSR count). The van der Waals surface area contributed by atoms with Gasteiger partial charge in [-0.25, -0.2) is 0 Å². The number of carbonyl (C=O) groups is 2. The first-order valence-corrected chi connectivity index (χ1v) is 8.75. The van der Waals surface area contributed by atoms with Gasteiger partial charge in [-0.2, -0.15) is 22.0 Å². The van der Waals surface area contributed by atoms with Crippen LogP contribution in [0.4, 0.5) is 27.6 Å². The Labute approximate surface area is 161 Å². The van der Waals surface area contributed by atoms with E-state index in [9.17, 15) is 31.5 Å². The van der Waals surface area contributed by atoms with Gasteiger partial charge in [-0.1, -0.05) is 17.8 Å². The van der Waals surface area contributed by atoms with Crippen LogP contribution in [0.3, 0.4) is 0 Å². The van der Waals surface area contributed by atoms with E-state index in [1.165, 1.54) is 42.5 Å². The molecule has 0 unspecified atom stereocenters. The number of thioether (sulfide) groups is 1. The third-order valence-corrected chi connectivity index (χ3v) is 4.26. The summed E-state index contributed by atoms with van der Waals surface area (Å²) in [6, 6.07) is 9.58. The number of alkyl halides is 5. The molecule has 0 aliphatic heterocycles. The number of amides is 2. The first-order chi connectivity index (χ1) is 13.0. The largest absolute Gasteiger partial charge is 0.405 e. The third-order valence-electron chi connectivity index (χ3n) is 3.54. The summed E-state index contributed by atoms with van der Waals surface area (Å²) in [5, 5.41) is 4.31. The molecule has 2 N–H and O–H groups in total. The van der Waals surface area contributed by atoms with Gasteiger partial charge in [0.2, 0.25) is 0 Å². The first-order valence-electron chi connectivity index (χ1n) is 7.87. The van der Waals surface area contributed by atoms with Crippen LogP contribution in [-0.4, -0.2) is 30.3 Å². The van der Waals surface area contributed by atoms with E-state index in [1.807, 2.05) is 0 Å². The average Bonchev–Trinajstić information content (AvgIpc) is 2.61. The van der Waals surface area contributed by atoms with Gasteiger partial charge in [0.05, 0.1) is 0 Å². The molecule has 0 bridgehead atoms. The van der Waals surface area contributed by atoms with Gasteiger partial charge in [-0.05, 0) is 48.9 Å². The van der Waals surface area contributed by atoms with Crippen molar-refractivity contribution < 1.29 is 31.5 Å². The third kappa shape index (κ3) is 6.52. The van der Waals surface area contributed by atoms with Crippen LogP contribution in [0.1, 0.15) is 26.3 Å². The van der Waals surface area contributed by atoms with Crippen molar-refractivity contribution in [1.82, 2.24) is 5.32 Å². The van der Waals surface area contributed by atoms with Crippen molar-refractivity contribution in [2.24, 2.45) is 0 Å². The fourth-order valence-corrected chi connectivity index (χ4v) is 2.66. The minimum Gasteiger partial charge on any atom is -0.343 e. The summed E-state index contributed by atoms with van der Waals surface area (Å²) in [4.78, 5) is 24.5. The number of carbonyl (C=O) groups excluding carboxylic acids is 2. The van der Waals surface area contributed by atoms with Crippen molar-refractivity contribution in [3.05, 3.63) is 59.2 Å². The Bertz CT molecular complexity index is 854. The maximum absolute atomic E-state index is 12.3. The molecule has 0 heterocycles. The van der Waals surface area contributed by atoms with Crippen molar-refractivity contribution >= 4 is 29.3 Å². The minimum absolute atomic E-state index is 0.0474. The van der Waals surface area contributed by atoms with Gasteiger partial charge in [0.15, 0.2) is 0 Å². The summed E-state index contributed by atoms with van der Waals surface area (Å²) in [6.07, 6.45) is -4.54. The predicted octanol–water partition coefficient (Wildman–Crippen LogP) is 4.85. The topological polar surface area (TPSA) is 58.2 Å². The lowest BCUT2D eigenvalue weighted by Crippen LogP contribution is -2.33. The van der Waals surface area contributed by atoms with Crippen LogP contribution in [0.5, 0.6) is 0 Å². The molecule has 0 spiro atoms. The Balaban J connectivity index is 2.10. The number of halogens is 5. The summed E-state index contributed by atoms with van der Waals surface area (Å²) in [6.45, 7) is 0.180. The summed E-state index contributed by atoms with van der Waals surface area (Å²) in [7, 11) is 0. The van der Waals surface area contributed by atoms with E-state index >= 15 is 0 Å². The molecule has 10 heteroatoms. The maximum atomic E-state index is 12.3. The van der Waals surface area contributed by atoms with E-state index in [-0.39, 0.29) is 16.8 Å². The number of benzene rings is 2. The SMILES string of the molecule is Cc1ccc(C(=O)NCC(F)(F)F)cc1NC(=O)c1ccc(SC(F)F)cc1. The summed E-state index contributed by atoms with van der Waals surface area (Å²) < 4.78 is 61.3. The van der Waals surface area contributed by atoms with Gasteiger partial charge >= 0.3 is 6.18 Å². The predicted molar refractivity (Wildman–Crippen MR) is 95.8 cm³/mol. The molecule has 0 fully saturated rings. The highest BCUT2D eigenvalue weighted by Crippen LogP contribution is 2.25. The number of aryl methyl sites for hydroxylation is 1. The molecule has 0 radical (unpaired) electrons. The lowest BCUT2D eigenvalue weighted by molar-refractivity contribution is -0.123. The molecule has 2 aromatic rings. The lowest BCUT2D eigenvalue weighted by Gasteiger charge is -2.12. The van der Waals surface area contributed by atoms with E-state index in [0.717, 1.165) is 0 Å². The van der Waals surface area contributed by atoms with Crippen LogP contribution in [0, 0.1) is 6.92 Å². The highest BCUT2D eigenvalue weighted by molar-refractivity contribution is 7.99. The Kier molecular flexibility index (Phi) is 7.00. The van der Waals surface area contributed by atoms with Gasteiger partial charge in [0, 0.05) is 21.7 Å². The van der Waals surface area contributed by atoms with Crippen molar-refractivity contribution in [2.75, 3.05) is 11.9 Å². The quantitative estimate of drug-likeness (QED) is 0.521. The highest BCUT2D eigenvalue weighted by Gasteiger charge is 2.28. The molecule has 0 aliphatic carbocycles. The second-order valence-electron chi connectivity index (χ2n) is 5.68. The van der Waals surface area contributed by atoms with Crippen LogP contribution in [-0.2, 0) is 0 Å². The van der Waals surface area contributed by atoms with E-state index in [1.54, 1.807) is 12.2 Å². The van der Waals surface area contributed by atoms with Crippen molar-refractivity contribution in [3.63, 3.8) is 0 Å². The molecular formula is C18H15F5N2O2S. The fourth-order valence-electron chi connectivity index (χ4n) is 2.16. The summed E-state index contributed by atoms with van der Waals surface area (Å²) >= 11 is 0.347. The summed E-state index contributed by atoms with van der Waals surface area (Å²) in [5.41, 5.74) is 0.986. The number of hydrogen-bond acceptors (Lipinski definition) is 3. The summed E-state index contributed by atoms with van der Waals surface area (Å²) in [5.74, 6) is -4.06. The zero-order valence-electron chi connectivity index (χ0n) is 14.4. The smallest absolute Gasteiger partial charge is 0.343 e. The first kappa shape index (κ1) is 21.7. The van der Waals surface area contributed by atoms with E-state index in [4.69, 9.17) is 0 Å². The van der Waals surface area contributed by atoms with Crippen molar-refractivity contribution in [2.45, 2.75) is 23.8 Å². The second kappa shape index (κ2) is 9.05. The van der Waals surface area contributed by atoms with Crippen LogP contribution < -0.4 is 10.6 Å². The van der Waals surface area contributed by atoms with Gasteiger partial charge < -0.3 is 10.6 Å². The number of anilines is 1. The Morgan fingerprint density at radius 2 is 1.61 bits per heavy atom. The Hall–Kier alpha value is -2.62. The fraction of sp³-hybridized carbons (Fsp3) is 0.222. The molecule has 2 aromatic carbocycles. The van der Waals surface area contributed by atoms with E-state index in [0.29, 0.717) is 22.2 Å². The normalized spacial score (nSPS) is 11.4. The van der Waals surface area contributed by atoms with Gasteiger partial charge in [0.1, 0.15) is 6.54 Å². The number of rotatable bonds is 6. The maximum Gasteiger partial charge on any atom is 0.405 e. The van der Waals surface area contributed by atoms with Crippen LogP contribution in [0.15, 0.2) is 47.4 Å². The number of nitrogens with one attached hydrogen (secondary N) is 2. The van der Waals surface area contributed by atoms with E-state index < -0.39 is 30.3 Å². The minimum atomic E-state index is -4.54. The molecule has 0 saturated carbocycles. The van der Waals surface area contributed by atoms with Gasteiger partial charge in [-0.15, -0.1) is 0 Å². The zero-order valence-corrected chi connectivity index (χ0v) is 15.3. The zero-order chi connectivity index (χ0) is 20.9. The molecule has 0 aromatic heterocycles. The van der Waals surface area contributed by atoms with E-state index in [2.05, 4.69) is 5.32 Å². The highest BCUT2D eigenvalue weighted by atomic mass is 32.2. The second-order valence-corrected chi connectivity index (χ2v) is 6.75. The molecule has 4 nitrogen and oxygen atoms in total. The lowest BCUT2D eigenvalue weighted by atomic mass is 10.1. The van der Waals surface area contributed by atoms with Crippen molar-refractivity contribution in [3.8, 4) is 0 Å². The van der Waals surface area contributed by atoms with Crippen LogP contribution in [0.2, 0.25) is 0 Å². The Morgan fingerprint density at radius 3 is 2.18 bits per heavy atom. The number of hydrogen-bond donors (Lipinski definition) is 2. The monoisotopic (exact) mass is 418 g/mol. The molecule has 0 atom stereocenters. The molecule has 0 saturated heterocycles. The van der Waals surface area contributed by atoms with Crippen LogP contribution in [0.25, 0.3) is 0 Å². The standard InChI is InChI=1S/C18H15F5N2O2S/c1-10-2-3-12(15(26)24-9-18(21,22)23)8-14(10)25-16(27)11-4-6-13(7-5-11)28-17(19)20/h2-8,17H,9H2,1H3,(H,24,26)(H,25,27). The molecule has 28 heavy (non-hydrogen) atoms. The van der Waals surface area contributed by atoms with Crippen LogP contribution >= 0.6 is 11.8 Å². The van der Waals surface area contributed by atoms with Gasteiger partial charge in [-0.3, -0.25) is 9.59 Å². The molecular weight excluding hydrogens is 403 g/mol. The van der Waals surface area contributed by atoms with Gasteiger partial charge in [0.25, 0.3) is 17.6 Å².